The van der Waals surface area contributed by atoms with E-state index in [0.29, 0.717) is 16.3 Å². The standard InChI is InChI=1S/C21H19ClN2O3S/c1-15(17-6-5-7-18(22)14-17)23-21(25)16-10-12-20(13-11-16)28(26,27)24-19-8-3-2-4-9-19/h2-15,24H,1H3,(H,23,25)/t15-/m0/s1. The first-order valence-electron chi connectivity index (χ1n) is 8.59. The summed E-state index contributed by atoms with van der Waals surface area (Å²) >= 11 is 5.99. The lowest BCUT2D eigenvalue weighted by Crippen LogP contribution is -2.26. The van der Waals surface area contributed by atoms with Crippen LogP contribution in [-0.4, -0.2) is 14.3 Å². The molecule has 0 fully saturated rings. The second kappa shape index (κ2) is 8.46. The van der Waals surface area contributed by atoms with Crippen molar-refractivity contribution in [1.29, 1.82) is 0 Å². The lowest BCUT2D eigenvalue weighted by molar-refractivity contribution is 0.0940. The Kier molecular flexibility index (Phi) is 6.02. The van der Waals surface area contributed by atoms with Gasteiger partial charge in [0.1, 0.15) is 0 Å². The second-order valence-corrected chi connectivity index (χ2v) is 8.36. The Labute approximate surface area is 169 Å². The minimum atomic E-state index is -3.72. The van der Waals surface area contributed by atoms with Crippen LogP contribution < -0.4 is 10.0 Å². The average Bonchev–Trinajstić information content (AvgIpc) is 2.68. The van der Waals surface area contributed by atoms with Gasteiger partial charge in [-0.15, -0.1) is 0 Å². The summed E-state index contributed by atoms with van der Waals surface area (Å²) in [6.07, 6.45) is 0. The molecule has 0 saturated heterocycles. The average molecular weight is 415 g/mol. The zero-order valence-electron chi connectivity index (χ0n) is 15.1. The van der Waals surface area contributed by atoms with Gasteiger partial charge in [0.15, 0.2) is 0 Å². The highest BCUT2D eigenvalue weighted by Gasteiger charge is 2.16. The highest BCUT2D eigenvalue weighted by molar-refractivity contribution is 7.92. The Bertz CT molecular complexity index is 1070. The molecule has 0 heterocycles. The first-order chi connectivity index (χ1) is 13.3. The topological polar surface area (TPSA) is 75.3 Å². The van der Waals surface area contributed by atoms with Gasteiger partial charge < -0.3 is 5.32 Å². The smallest absolute Gasteiger partial charge is 0.261 e. The number of rotatable bonds is 6. The van der Waals surface area contributed by atoms with Gasteiger partial charge in [-0.25, -0.2) is 8.42 Å². The maximum Gasteiger partial charge on any atom is 0.261 e. The summed E-state index contributed by atoms with van der Waals surface area (Å²) in [6, 6.07) is 21.4. The largest absolute Gasteiger partial charge is 0.346 e. The molecule has 2 N–H and O–H groups in total. The van der Waals surface area contributed by atoms with Crippen LogP contribution in [-0.2, 0) is 10.0 Å². The minimum absolute atomic E-state index is 0.0794. The number of carbonyl (C=O) groups is 1. The lowest BCUT2D eigenvalue weighted by Gasteiger charge is -2.15. The fourth-order valence-corrected chi connectivity index (χ4v) is 3.90. The number of halogens is 1. The van der Waals surface area contributed by atoms with Crippen LogP contribution in [0.4, 0.5) is 5.69 Å². The van der Waals surface area contributed by atoms with Gasteiger partial charge in [-0.3, -0.25) is 9.52 Å². The van der Waals surface area contributed by atoms with E-state index in [1.807, 2.05) is 19.1 Å². The van der Waals surface area contributed by atoms with Crippen molar-refractivity contribution in [3.05, 3.63) is 95.0 Å². The summed E-state index contributed by atoms with van der Waals surface area (Å²) < 4.78 is 27.4. The Balaban J connectivity index is 1.70. The molecular formula is C21H19ClN2O3S. The molecule has 1 amide bonds. The Morgan fingerprint density at radius 3 is 2.25 bits per heavy atom. The van der Waals surface area contributed by atoms with Crippen molar-refractivity contribution in [3.63, 3.8) is 0 Å². The molecule has 0 aliphatic heterocycles. The van der Waals surface area contributed by atoms with Gasteiger partial charge in [0.2, 0.25) is 0 Å². The maximum atomic E-state index is 12.5. The van der Waals surface area contributed by atoms with Gasteiger partial charge >= 0.3 is 0 Å². The molecule has 28 heavy (non-hydrogen) atoms. The number of carbonyl (C=O) groups excluding carboxylic acids is 1. The van der Waals surface area contributed by atoms with Gasteiger partial charge in [0.25, 0.3) is 15.9 Å². The monoisotopic (exact) mass is 414 g/mol. The van der Waals surface area contributed by atoms with Gasteiger partial charge in [0.05, 0.1) is 10.9 Å². The predicted molar refractivity (Wildman–Crippen MR) is 111 cm³/mol. The molecule has 144 valence electrons. The number of benzene rings is 3. The van der Waals surface area contributed by atoms with E-state index < -0.39 is 10.0 Å². The van der Waals surface area contributed by atoms with Crippen molar-refractivity contribution < 1.29 is 13.2 Å². The third kappa shape index (κ3) is 4.91. The normalized spacial score (nSPS) is 12.2. The van der Waals surface area contributed by atoms with Crippen LogP contribution in [0, 0.1) is 0 Å². The number of sulfonamides is 1. The number of hydrogen-bond donors (Lipinski definition) is 2. The molecule has 0 aliphatic rings. The fourth-order valence-electron chi connectivity index (χ4n) is 2.64. The van der Waals surface area contributed by atoms with E-state index in [1.165, 1.54) is 24.3 Å². The molecule has 0 radical (unpaired) electrons. The Morgan fingerprint density at radius 1 is 0.929 bits per heavy atom. The van der Waals surface area contributed by atoms with Crippen molar-refractivity contribution in [2.45, 2.75) is 17.9 Å². The van der Waals surface area contributed by atoms with Crippen LogP contribution in [0.2, 0.25) is 5.02 Å². The second-order valence-electron chi connectivity index (χ2n) is 6.25. The zero-order chi connectivity index (χ0) is 20.1. The van der Waals surface area contributed by atoms with E-state index in [4.69, 9.17) is 11.6 Å². The van der Waals surface area contributed by atoms with Crippen LogP contribution in [0.1, 0.15) is 28.9 Å². The molecule has 0 bridgehead atoms. The van der Waals surface area contributed by atoms with Crippen molar-refractivity contribution in [2.24, 2.45) is 0 Å². The molecule has 7 heteroatoms. The first-order valence-corrected chi connectivity index (χ1v) is 10.5. The summed E-state index contributed by atoms with van der Waals surface area (Å²) in [5, 5.41) is 3.47. The minimum Gasteiger partial charge on any atom is -0.346 e. The molecule has 3 aromatic rings. The van der Waals surface area contributed by atoms with E-state index in [0.717, 1.165) is 5.56 Å². The van der Waals surface area contributed by atoms with Crippen LogP contribution in [0.3, 0.4) is 0 Å². The summed E-state index contributed by atoms with van der Waals surface area (Å²) in [4.78, 5) is 12.5. The molecule has 0 aromatic heterocycles. The summed E-state index contributed by atoms with van der Waals surface area (Å²) in [6.45, 7) is 1.85. The number of hydrogen-bond acceptors (Lipinski definition) is 3. The quantitative estimate of drug-likeness (QED) is 0.617. The summed E-state index contributed by atoms with van der Waals surface area (Å²) in [5.41, 5.74) is 1.72. The first kappa shape index (κ1) is 19.9. The van der Waals surface area contributed by atoms with Gasteiger partial charge in [-0.05, 0) is 61.0 Å². The maximum absolute atomic E-state index is 12.5. The van der Waals surface area contributed by atoms with Crippen LogP contribution in [0.25, 0.3) is 0 Å². The van der Waals surface area contributed by atoms with Gasteiger partial charge in [-0.1, -0.05) is 41.9 Å². The van der Waals surface area contributed by atoms with Crippen molar-refractivity contribution >= 4 is 33.2 Å². The van der Waals surface area contributed by atoms with Crippen LogP contribution in [0.15, 0.2) is 83.8 Å². The molecule has 0 aliphatic carbocycles. The molecule has 0 spiro atoms. The van der Waals surface area contributed by atoms with E-state index in [1.54, 1.807) is 42.5 Å². The molecule has 3 rings (SSSR count). The molecule has 0 unspecified atom stereocenters. The molecule has 5 nitrogen and oxygen atoms in total. The zero-order valence-corrected chi connectivity index (χ0v) is 16.7. The predicted octanol–water partition coefficient (Wildman–Crippen LogP) is 4.63. The van der Waals surface area contributed by atoms with E-state index in [-0.39, 0.29) is 16.8 Å². The number of nitrogens with one attached hydrogen (secondary N) is 2. The van der Waals surface area contributed by atoms with Gasteiger partial charge in [-0.2, -0.15) is 0 Å². The van der Waals surface area contributed by atoms with Crippen LogP contribution >= 0.6 is 11.6 Å². The van der Waals surface area contributed by atoms with E-state index >= 15 is 0 Å². The Morgan fingerprint density at radius 2 is 1.61 bits per heavy atom. The fraction of sp³-hybridized carbons (Fsp3) is 0.0952. The van der Waals surface area contributed by atoms with Crippen molar-refractivity contribution in [3.8, 4) is 0 Å². The molecule has 0 saturated carbocycles. The SMILES string of the molecule is C[C@H](NC(=O)c1ccc(S(=O)(=O)Nc2ccccc2)cc1)c1cccc(Cl)c1. The van der Waals surface area contributed by atoms with Crippen molar-refractivity contribution in [2.75, 3.05) is 4.72 Å². The molecule has 3 aromatic carbocycles. The third-order valence-corrected chi connectivity index (χ3v) is 5.78. The Hall–Kier alpha value is -2.83. The summed E-state index contributed by atoms with van der Waals surface area (Å²) in [5.74, 6) is -0.299. The van der Waals surface area contributed by atoms with Crippen LogP contribution in [0.5, 0.6) is 0 Å². The molecule has 1 atom stereocenters. The van der Waals surface area contributed by atoms with E-state index in [2.05, 4.69) is 10.0 Å². The van der Waals surface area contributed by atoms with Crippen molar-refractivity contribution in [1.82, 2.24) is 5.32 Å². The number of anilines is 1. The lowest BCUT2D eigenvalue weighted by atomic mass is 10.1. The summed E-state index contributed by atoms with van der Waals surface area (Å²) in [7, 11) is -3.72. The van der Waals surface area contributed by atoms with E-state index in [9.17, 15) is 13.2 Å². The molecular weight excluding hydrogens is 396 g/mol. The third-order valence-electron chi connectivity index (χ3n) is 4.15. The highest BCUT2D eigenvalue weighted by Crippen LogP contribution is 2.19. The van der Waals surface area contributed by atoms with Gasteiger partial charge in [0, 0.05) is 16.3 Å². The number of para-hydroxylation sites is 1. The number of amides is 1. The highest BCUT2D eigenvalue weighted by atomic mass is 35.5.